The number of nitrogens with zero attached hydrogens (tertiary/aromatic N) is 2. The summed E-state index contributed by atoms with van der Waals surface area (Å²) in [5.74, 6) is 1.83. The van der Waals surface area contributed by atoms with Crippen LogP contribution in [0.15, 0.2) is 28.8 Å². The molecule has 0 saturated carbocycles. The molecule has 1 heterocycles. The predicted molar refractivity (Wildman–Crippen MR) is 87.8 cm³/mol. The number of rotatable bonds is 6. The van der Waals surface area contributed by atoms with Gasteiger partial charge in [0.25, 0.3) is 0 Å². The molecule has 122 valence electrons. The molecule has 8 heteroatoms. The first-order valence-corrected chi connectivity index (χ1v) is 8.23. The van der Waals surface area contributed by atoms with Crippen LogP contribution in [0.5, 0.6) is 0 Å². The third-order valence-corrected chi connectivity index (χ3v) is 3.87. The molecule has 0 bridgehead atoms. The molecule has 7 nitrogen and oxygen atoms in total. The van der Waals surface area contributed by atoms with Gasteiger partial charge in [-0.25, -0.2) is 4.79 Å². The average molecular weight is 334 g/mol. The average Bonchev–Trinajstić information content (AvgIpc) is 3.00. The van der Waals surface area contributed by atoms with Crippen molar-refractivity contribution in [3.8, 4) is 11.4 Å². The molecule has 2 aromatic rings. The Bertz CT molecular complexity index is 687. The number of hydrogen-bond acceptors (Lipinski definition) is 6. The van der Waals surface area contributed by atoms with E-state index in [0.29, 0.717) is 23.2 Å². The van der Waals surface area contributed by atoms with Gasteiger partial charge in [-0.1, -0.05) is 28.9 Å². The Morgan fingerprint density at radius 1 is 1.35 bits per heavy atom. The summed E-state index contributed by atoms with van der Waals surface area (Å²) in [6, 6.07) is 7.37. The molecule has 23 heavy (non-hydrogen) atoms. The zero-order chi connectivity index (χ0) is 16.7. The maximum atomic E-state index is 11.4. The van der Waals surface area contributed by atoms with E-state index in [2.05, 4.69) is 20.8 Å². The van der Waals surface area contributed by atoms with Gasteiger partial charge in [-0.3, -0.25) is 10.1 Å². The lowest BCUT2D eigenvalue weighted by Crippen LogP contribution is -2.37. The van der Waals surface area contributed by atoms with Gasteiger partial charge in [-0.05, 0) is 13.0 Å². The molecule has 0 atom stereocenters. The standard InChI is InChI=1S/C15H18N4O3S/c1-10-4-3-5-11(8-10)14-18-13(22-19-14)9-23-7-6-12(20)17-15(21)16-2/h3-5,8H,6-7,9H2,1-2H3,(H2,16,17,20,21). The Balaban J connectivity index is 1.77. The summed E-state index contributed by atoms with van der Waals surface area (Å²) in [6.07, 6.45) is 0.247. The molecule has 3 amide bonds. The van der Waals surface area contributed by atoms with E-state index in [1.165, 1.54) is 18.8 Å². The van der Waals surface area contributed by atoms with Crippen LogP contribution in [0.3, 0.4) is 0 Å². The lowest BCUT2D eigenvalue weighted by Gasteiger charge is -2.02. The van der Waals surface area contributed by atoms with E-state index in [1.807, 2.05) is 31.2 Å². The number of carbonyl (C=O) groups is 2. The number of aryl methyl sites for hydroxylation is 1. The summed E-state index contributed by atoms with van der Waals surface area (Å²) >= 11 is 1.49. The fourth-order valence-corrected chi connectivity index (χ4v) is 2.56. The van der Waals surface area contributed by atoms with Crippen LogP contribution in [-0.4, -0.2) is 34.9 Å². The molecule has 0 aliphatic carbocycles. The molecule has 0 aliphatic rings. The van der Waals surface area contributed by atoms with Crippen molar-refractivity contribution in [1.82, 2.24) is 20.8 Å². The molecule has 0 unspecified atom stereocenters. The number of hydrogen-bond donors (Lipinski definition) is 2. The third-order valence-electron chi connectivity index (χ3n) is 2.92. The highest BCUT2D eigenvalue weighted by Gasteiger charge is 2.10. The van der Waals surface area contributed by atoms with Crippen molar-refractivity contribution in [2.24, 2.45) is 0 Å². The van der Waals surface area contributed by atoms with Crippen molar-refractivity contribution in [1.29, 1.82) is 0 Å². The van der Waals surface area contributed by atoms with Gasteiger partial charge in [0.15, 0.2) is 0 Å². The normalized spacial score (nSPS) is 10.3. The van der Waals surface area contributed by atoms with Crippen LogP contribution in [0.2, 0.25) is 0 Å². The Kier molecular flexibility index (Phi) is 6.16. The molecule has 2 N–H and O–H groups in total. The Morgan fingerprint density at radius 2 is 2.17 bits per heavy atom. The Hall–Kier alpha value is -2.35. The van der Waals surface area contributed by atoms with E-state index in [-0.39, 0.29) is 12.3 Å². The summed E-state index contributed by atoms with van der Waals surface area (Å²) in [5.41, 5.74) is 2.04. The first-order valence-electron chi connectivity index (χ1n) is 7.07. The minimum Gasteiger partial charge on any atom is -0.341 e. The maximum absolute atomic E-state index is 11.4. The van der Waals surface area contributed by atoms with Gasteiger partial charge >= 0.3 is 6.03 Å². The van der Waals surface area contributed by atoms with Crippen molar-refractivity contribution in [2.75, 3.05) is 12.8 Å². The zero-order valence-corrected chi connectivity index (χ0v) is 13.8. The number of imide groups is 1. The second-order valence-corrected chi connectivity index (χ2v) is 5.92. The number of amides is 3. The number of carbonyl (C=O) groups excluding carboxylic acids is 2. The molecule has 0 saturated heterocycles. The molecule has 0 aliphatic heterocycles. The van der Waals surface area contributed by atoms with E-state index in [4.69, 9.17) is 4.52 Å². The van der Waals surface area contributed by atoms with E-state index >= 15 is 0 Å². The van der Waals surface area contributed by atoms with Crippen LogP contribution in [0.1, 0.15) is 17.9 Å². The van der Waals surface area contributed by atoms with Crippen LogP contribution in [0, 0.1) is 6.92 Å². The molecule has 2 rings (SSSR count). The molecule has 1 aromatic heterocycles. The fraction of sp³-hybridized carbons (Fsp3) is 0.333. The van der Waals surface area contributed by atoms with Crippen molar-refractivity contribution in [2.45, 2.75) is 19.1 Å². The SMILES string of the molecule is CNC(=O)NC(=O)CCSCc1nc(-c2cccc(C)c2)no1. The second-order valence-electron chi connectivity index (χ2n) is 4.81. The van der Waals surface area contributed by atoms with Gasteiger partial charge in [0.2, 0.25) is 17.6 Å². The van der Waals surface area contributed by atoms with Gasteiger partial charge < -0.3 is 9.84 Å². The Labute approximate surface area is 138 Å². The van der Waals surface area contributed by atoms with E-state index in [9.17, 15) is 9.59 Å². The lowest BCUT2D eigenvalue weighted by atomic mass is 10.1. The second kappa shape index (κ2) is 8.33. The number of aromatic nitrogens is 2. The van der Waals surface area contributed by atoms with E-state index in [1.54, 1.807) is 0 Å². The van der Waals surface area contributed by atoms with Crippen LogP contribution in [-0.2, 0) is 10.5 Å². The van der Waals surface area contributed by atoms with Gasteiger partial charge in [0.05, 0.1) is 5.75 Å². The van der Waals surface area contributed by atoms with Crippen LogP contribution in [0.25, 0.3) is 11.4 Å². The minimum atomic E-state index is -0.500. The van der Waals surface area contributed by atoms with Crippen LogP contribution < -0.4 is 10.6 Å². The zero-order valence-electron chi connectivity index (χ0n) is 13.0. The van der Waals surface area contributed by atoms with Crippen molar-refractivity contribution in [3.63, 3.8) is 0 Å². The van der Waals surface area contributed by atoms with Gasteiger partial charge in [0.1, 0.15) is 0 Å². The highest BCUT2D eigenvalue weighted by Crippen LogP contribution is 2.19. The highest BCUT2D eigenvalue weighted by atomic mass is 32.2. The fourth-order valence-electron chi connectivity index (χ4n) is 1.79. The van der Waals surface area contributed by atoms with E-state index < -0.39 is 6.03 Å². The molecule has 1 aromatic carbocycles. The largest absolute Gasteiger partial charge is 0.341 e. The molecule has 0 spiro atoms. The number of urea groups is 1. The summed E-state index contributed by atoms with van der Waals surface area (Å²) < 4.78 is 5.20. The first kappa shape index (κ1) is 17.0. The first-order chi connectivity index (χ1) is 11.1. The monoisotopic (exact) mass is 334 g/mol. The number of thioether (sulfide) groups is 1. The molecule has 0 radical (unpaired) electrons. The molecular formula is C15H18N4O3S. The van der Waals surface area contributed by atoms with Gasteiger partial charge in [0, 0.05) is 24.8 Å². The Morgan fingerprint density at radius 3 is 2.91 bits per heavy atom. The van der Waals surface area contributed by atoms with E-state index in [0.717, 1.165) is 11.1 Å². The summed E-state index contributed by atoms with van der Waals surface area (Å²) in [5, 5.41) is 8.49. The smallest absolute Gasteiger partial charge is 0.321 e. The maximum Gasteiger partial charge on any atom is 0.321 e. The predicted octanol–water partition coefficient (Wildman–Crippen LogP) is 2.12. The number of nitrogens with one attached hydrogen (secondary N) is 2. The van der Waals surface area contributed by atoms with Crippen molar-refractivity contribution in [3.05, 3.63) is 35.7 Å². The molecular weight excluding hydrogens is 316 g/mol. The molecule has 0 fully saturated rings. The van der Waals surface area contributed by atoms with Crippen LogP contribution >= 0.6 is 11.8 Å². The highest BCUT2D eigenvalue weighted by molar-refractivity contribution is 7.98. The summed E-state index contributed by atoms with van der Waals surface area (Å²) in [6.45, 7) is 2.00. The summed E-state index contributed by atoms with van der Waals surface area (Å²) in [7, 11) is 1.46. The minimum absolute atomic E-state index is 0.247. The topological polar surface area (TPSA) is 97.1 Å². The third kappa shape index (κ3) is 5.41. The quantitative estimate of drug-likeness (QED) is 0.786. The lowest BCUT2D eigenvalue weighted by molar-refractivity contribution is -0.119. The van der Waals surface area contributed by atoms with Crippen LogP contribution in [0.4, 0.5) is 4.79 Å². The van der Waals surface area contributed by atoms with Crippen molar-refractivity contribution >= 4 is 23.7 Å². The summed E-state index contributed by atoms with van der Waals surface area (Å²) in [4.78, 5) is 26.7. The van der Waals surface area contributed by atoms with Gasteiger partial charge in [-0.15, -0.1) is 0 Å². The number of benzene rings is 1. The van der Waals surface area contributed by atoms with Crippen molar-refractivity contribution < 1.29 is 14.1 Å². The van der Waals surface area contributed by atoms with Gasteiger partial charge in [-0.2, -0.15) is 16.7 Å².